The second-order valence-electron chi connectivity index (χ2n) is 5.90. The minimum atomic E-state index is 0.465. The third-order valence-electron chi connectivity index (χ3n) is 3.65. The number of hydrogen-bond donors (Lipinski definition) is 1. The Bertz CT molecular complexity index is 599. The topological polar surface area (TPSA) is 34.4 Å². The second kappa shape index (κ2) is 6.81. The summed E-state index contributed by atoms with van der Waals surface area (Å²) < 4.78 is 11.5. The molecular formula is C18H25NO2. The first-order chi connectivity index (χ1) is 9.97. The molecule has 1 aromatic carbocycles. The Labute approximate surface area is 127 Å². The Morgan fingerprint density at radius 3 is 2.57 bits per heavy atom. The fraction of sp³-hybridized carbons (Fsp3) is 0.444. The highest BCUT2D eigenvalue weighted by atomic mass is 16.5. The first-order valence-electron chi connectivity index (χ1n) is 7.46. The minimum Gasteiger partial charge on any atom is -0.485 e. The van der Waals surface area contributed by atoms with E-state index in [-0.39, 0.29) is 0 Å². The predicted molar refractivity (Wildman–Crippen MR) is 85.7 cm³/mol. The van der Waals surface area contributed by atoms with Crippen molar-refractivity contribution in [3.05, 3.63) is 52.5 Å². The van der Waals surface area contributed by atoms with Crippen LogP contribution in [-0.2, 0) is 13.2 Å². The van der Waals surface area contributed by atoms with Crippen LogP contribution in [0.25, 0.3) is 0 Å². The first kappa shape index (κ1) is 15.6. The zero-order chi connectivity index (χ0) is 15.4. The number of hydrogen-bond acceptors (Lipinski definition) is 3. The van der Waals surface area contributed by atoms with Gasteiger partial charge >= 0.3 is 0 Å². The maximum absolute atomic E-state index is 5.96. The monoisotopic (exact) mass is 287 g/mol. The van der Waals surface area contributed by atoms with Crippen LogP contribution >= 0.6 is 0 Å². The van der Waals surface area contributed by atoms with Crippen molar-refractivity contribution in [2.24, 2.45) is 0 Å². The lowest BCUT2D eigenvalue weighted by Gasteiger charge is -2.12. The average Bonchev–Trinajstić information content (AvgIpc) is 2.89. The summed E-state index contributed by atoms with van der Waals surface area (Å²) in [5.41, 5.74) is 4.76. The van der Waals surface area contributed by atoms with Gasteiger partial charge in [0, 0.05) is 18.2 Å². The molecule has 114 valence electrons. The highest BCUT2D eigenvalue weighted by molar-refractivity contribution is 5.44. The van der Waals surface area contributed by atoms with E-state index in [9.17, 15) is 0 Å². The van der Waals surface area contributed by atoms with Gasteiger partial charge in [0.15, 0.2) is 0 Å². The molecule has 2 rings (SSSR count). The summed E-state index contributed by atoms with van der Waals surface area (Å²) in [5.74, 6) is 1.82. The summed E-state index contributed by atoms with van der Waals surface area (Å²) >= 11 is 0. The SMILES string of the molecule is Cc1ccc(C)c(OCc2cc(CNC(C)C)co2)c1C. The molecule has 21 heavy (non-hydrogen) atoms. The van der Waals surface area contributed by atoms with Crippen LogP contribution in [0.2, 0.25) is 0 Å². The number of benzene rings is 1. The molecule has 3 nitrogen and oxygen atoms in total. The van der Waals surface area contributed by atoms with E-state index in [1.165, 1.54) is 11.1 Å². The lowest BCUT2D eigenvalue weighted by molar-refractivity contribution is 0.267. The number of nitrogens with one attached hydrogen (secondary N) is 1. The molecule has 1 aromatic heterocycles. The molecule has 0 amide bonds. The summed E-state index contributed by atoms with van der Waals surface area (Å²) in [5, 5.41) is 3.37. The Balaban J connectivity index is 1.99. The summed E-state index contributed by atoms with van der Waals surface area (Å²) in [6.07, 6.45) is 1.80. The summed E-state index contributed by atoms with van der Waals surface area (Å²) in [7, 11) is 0. The largest absolute Gasteiger partial charge is 0.485 e. The molecule has 0 aliphatic carbocycles. The fourth-order valence-corrected chi connectivity index (χ4v) is 2.21. The first-order valence-corrected chi connectivity index (χ1v) is 7.46. The molecule has 0 spiro atoms. The smallest absolute Gasteiger partial charge is 0.146 e. The van der Waals surface area contributed by atoms with Gasteiger partial charge in [-0.05, 0) is 43.5 Å². The van der Waals surface area contributed by atoms with E-state index >= 15 is 0 Å². The highest BCUT2D eigenvalue weighted by Crippen LogP contribution is 2.26. The van der Waals surface area contributed by atoms with Crippen LogP contribution < -0.4 is 10.1 Å². The third kappa shape index (κ3) is 4.11. The van der Waals surface area contributed by atoms with Crippen LogP contribution in [-0.4, -0.2) is 6.04 Å². The average molecular weight is 287 g/mol. The molecular weight excluding hydrogens is 262 g/mol. The van der Waals surface area contributed by atoms with Gasteiger partial charge in [-0.2, -0.15) is 0 Å². The van der Waals surface area contributed by atoms with Gasteiger partial charge in [0.2, 0.25) is 0 Å². The van der Waals surface area contributed by atoms with Gasteiger partial charge in [0.1, 0.15) is 18.1 Å². The van der Waals surface area contributed by atoms with Gasteiger partial charge in [0.05, 0.1) is 6.26 Å². The molecule has 0 radical (unpaired) electrons. The molecule has 0 fully saturated rings. The Hall–Kier alpha value is -1.74. The number of aryl methyl sites for hydroxylation is 2. The molecule has 0 bridgehead atoms. The molecule has 0 unspecified atom stereocenters. The maximum atomic E-state index is 5.96. The molecule has 1 N–H and O–H groups in total. The van der Waals surface area contributed by atoms with Gasteiger partial charge in [-0.25, -0.2) is 0 Å². The van der Waals surface area contributed by atoms with E-state index < -0.39 is 0 Å². The van der Waals surface area contributed by atoms with E-state index in [0.717, 1.165) is 29.2 Å². The molecule has 3 heteroatoms. The van der Waals surface area contributed by atoms with E-state index in [2.05, 4.69) is 58.1 Å². The molecule has 0 atom stereocenters. The molecule has 0 aliphatic heterocycles. The summed E-state index contributed by atoms with van der Waals surface area (Å²) in [6.45, 7) is 11.8. The fourth-order valence-electron chi connectivity index (χ4n) is 2.21. The van der Waals surface area contributed by atoms with Crippen LogP contribution in [0, 0.1) is 20.8 Å². The maximum Gasteiger partial charge on any atom is 0.146 e. The number of rotatable bonds is 6. The van der Waals surface area contributed by atoms with Crippen molar-refractivity contribution in [3.63, 3.8) is 0 Å². The second-order valence-corrected chi connectivity index (χ2v) is 5.90. The van der Waals surface area contributed by atoms with Crippen molar-refractivity contribution in [1.29, 1.82) is 0 Å². The number of ether oxygens (including phenoxy) is 1. The van der Waals surface area contributed by atoms with E-state index in [1.54, 1.807) is 6.26 Å². The standard InChI is InChI=1S/C18H25NO2/c1-12(2)19-9-16-8-17(20-10-16)11-21-18-14(4)7-6-13(3)15(18)5/h6-8,10,12,19H,9,11H2,1-5H3. The van der Waals surface area contributed by atoms with Crippen molar-refractivity contribution in [3.8, 4) is 5.75 Å². The lowest BCUT2D eigenvalue weighted by Crippen LogP contribution is -2.21. The van der Waals surface area contributed by atoms with Gasteiger partial charge in [-0.1, -0.05) is 26.0 Å². The van der Waals surface area contributed by atoms with Crippen molar-refractivity contribution < 1.29 is 9.15 Å². The van der Waals surface area contributed by atoms with Crippen molar-refractivity contribution in [2.45, 2.75) is 53.8 Å². The Kier molecular flexibility index (Phi) is 5.07. The van der Waals surface area contributed by atoms with Crippen LogP contribution in [0.3, 0.4) is 0 Å². The van der Waals surface area contributed by atoms with Crippen molar-refractivity contribution in [1.82, 2.24) is 5.32 Å². The predicted octanol–water partition coefficient (Wildman–Crippen LogP) is 4.28. The summed E-state index contributed by atoms with van der Waals surface area (Å²) in [6, 6.07) is 6.74. The lowest BCUT2D eigenvalue weighted by atomic mass is 10.1. The minimum absolute atomic E-state index is 0.465. The normalized spacial score (nSPS) is 11.1. The van der Waals surface area contributed by atoms with Crippen LogP contribution in [0.5, 0.6) is 5.75 Å². The molecule has 0 saturated carbocycles. The van der Waals surface area contributed by atoms with Crippen LogP contribution in [0.4, 0.5) is 0 Å². The van der Waals surface area contributed by atoms with Crippen LogP contribution in [0.15, 0.2) is 28.9 Å². The zero-order valence-electron chi connectivity index (χ0n) is 13.6. The van der Waals surface area contributed by atoms with E-state index in [4.69, 9.17) is 9.15 Å². The molecule has 2 aromatic rings. The summed E-state index contributed by atoms with van der Waals surface area (Å²) in [4.78, 5) is 0. The van der Waals surface area contributed by atoms with Gasteiger partial charge in [-0.15, -0.1) is 0 Å². The molecule has 0 aliphatic rings. The van der Waals surface area contributed by atoms with Gasteiger partial charge in [0.25, 0.3) is 0 Å². The van der Waals surface area contributed by atoms with E-state index in [0.29, 0.717) is 12.6 Å². The quantitative estimate of drug-likeness (QED) is 0.861. The van der Waals surface area contributed by atoms with Crippen LogP contribution in [0.1, 0.15) is 41.9 Å². The molecule has 1 heterocycles. The zero-order valence-corrected chi connectivity index (χ0v) is 13.6. The Morgan fingerprint density at radius 2 is 1.86 bits per heavy atom. The van der Waals surface area contributed by atoms with Crippen molar-refractivity contribution >= 4 is 0 Å². The van der Waals surface area contributed by atoms with E-state index in [1.807, 2.05) is 0 Å². The molecule has 0 saturated heterocycles. The van der Waals surface area contributed by atoms with Gasteiger partial charge < -0.3 is 14.5 Å². The highest BCUT2D eigenvalue weighted by Gasteiger charge is 2.08. The number of furan rings is 1. The third-order valence-corrected chi connectivity index (χ3v) is 3.65. The Morgan fingerprint density at radius 1 is 1.14 bits per heavy atom. The van der Waals surface area contributed by atoms with Gasteiger partial charge in [-0.3, -0.25) is 0 Å². The van der Waals surface area contributed by atoms with Crippen molar-refractivity contribution in [2.75, 3.05) is 0 Å².